The van der Waals surface area contributed by atoms with Crippen molar-refractivity contribution in [3.8, 4) is 0 Å². The average Bonchev–Trinajstić information content (AvgIpc) is 2.47. The molecule has 0 bridgehead atoms. The van der Waals surface area contributed by atoms with Gasteiger partial charge < -0.3 is 4.90 Å². The van der Waals surface area contributed by atoms with Crippen LogP contribution in [0.2, 0.25) is 0 Å². The van der Waals surface area contributed by atoms with Crippen LogP contribution in [0.1, 0.15) is 27.2 Å². The van der Waals surface area contributed by atoms with Crippen molar-refractivity contribution in [2.24, 2.45) is 0 Å². The molecule has 1 aliphatic heterocycles. The number of hydrogen-bond donors (Lipinski definition) is 0. The van der Waals surface area contributed by atoms with Crippen LogP contribution >= 0.6 is 0 Å². The molecule has 1 saturated heterocycles. The second-order valence-electron chi connectivity index (χ2n) is 3.15. The number of rotatable bonds is 2. The summed E-state index contributed by atoms with van der Waals surface area (Å²) in [6.07, 6.45) is 1.04. The predicted octanol–water partition coefficient (Wildman–Crippen LogP) is 1.02. The highest BCUT2D eigenvalue weighted by Crippen LogP contribution is 2.25. The first kappa shape index (κ1) is 6.59. The molecule has 1 fully saturated rings. The van der Waals surface area contributed by atoms with Gasteiger partial charge in [-0.15, -0.1) is 0 Å². The van der Waals surface area contributed by atoms with Crippen molar-refractivity contribution in [3.05, 3.63) is 0 Å². The lowest BCUT2D eigenvalue weighted by molar-refractivity contribution is -0.115. The van der Waals surface area contributed by atoms with E-state index >= 15 is 0 Å². The highest BCUT2D eigenvalue weighted by molar-refractivity contribution is 5.93. The van der Waals surface area contributed by atoms with E-state index < -0.39 is 0 Å². The molecule has 2 nitrogen and oxygen atoms in total. The van der Waals surface area contributed by atoms with Gasteiger partial charge in [0, 0.05) is 5.54 Å². The van der Waals surface area contributed by atoms with Crippen molar-refractivity contribution in [1.82, 2.24) is 4.90 Å². The van der Waals surface area contributed by atoms with E-state index in [0.29, 0.717) is 12.5 Å². The fourth-order valence-electron chi connectivity index (χ4n) is 0.842. The summed E-state index contributed by atoms with van der Waals surface area (Å²) in [6.45, 7) is 6.96. The average molecular weight is 127 g/mol. The zero-order valence-corrected chi connectivity index (χ0v) is 6.27. The molecule has 0 radical (unpaired) electrons. The Balaban J connectivity index is 2.51. The Hall–Kier alpha value is -0.530. The molecule has 0 atom stereocenters. The molecule has 9 heavy (non-hydrogen) atoms. The molecule has 0 unspecified atom stereocenters. The van der Waals surface area contributed by atoms with Crippen LogP contribution < -0.4 is 0 Å². The first-order valence-corrected chi connectivity index (χ1v) is 3.38. The minimum Gasteiger partial charge on any atom is -0.327 e. The van der Waals surface area contributed by atoms with Crippen molar-refractivity contribution < 1.29 is 4.79 Å². The standard InChI is InChI=1S/C7H13NO/c1-4-7(2,3)8-5-6(8)9/h4-5H2,1-3H3. The summed E-state index contributed by atoms with van der Waals surface area (Å²) in [5.74, 6) is 0.293. The Labute approximate surface area is 55.8 Å². The molecule has 2 heteroatoms. The van der Waals surface area contributed by atoms with Crippen molar-refractivity contribution in [1.29, 1.82) is 0 Å². The van der Waals surface area contributed by atoms with Gasteiger partial charge in [0.15, 0.2) is 0 Å². The lowest BCUT2D eigenvalue weighted by Gasteiger charge is -2.23. The van der Waals surface area contributed by atoms with Gasteiger partial charge in [0.2, 0.25) is 5.91 Å². The van der Waals surface area contributed by atoms with Gasteiger partial charge >= 0.3 is 0 Å². The van der Waals surface area contributed by atoms with Gasteiger partial charge in [0.1, 0.15) is 6.54 Å². The third-order valence-corrected chi connectivity index (χ3v) is 2.09. The van der Waals surface area contributed by atoms with E-state index in [-0.39, 0.29) is 5.54 Å². The normalized spacial score (nSPS) is 18.6. The van der Waals surface area contributed by atoms with Crippen molar-refractivity contribution >= 4 is 5.91 Å². The van der Waals surface area contributed by atoms with Gasteiger partial charge in [0.25, 0.3) is 0 Å². The molecule has 0 aromatic carbocycles. The zero-order valence-electron chi connectivity index (χ0n) is 6.27. The first-order chi connectivity index (χ1) is 4.08. The number of nitrogens with zero attached hydrogens (tertiary/aromatic N) is 1. The summed E-state index contributed by atoms with van der Waals surface area (Å²) >= 11 is 0. The predicted molar refractivity (Wildman–Crippen MR) is 36.1 cm³/mol. The molecule has 52 valence electrons. The van der Waals surface area contributed by atoms with E-state index in [2.05, 4.69) is 20.8 Å². The molecule has 0 aromatic rings. The molecule has 0 N–H and O–H groups in total. The highest BCUT2D eigenvalue weighted by Gasteiger charge is 2.40. The quantitative estimate of drug-likeness (QED) is 0.507. The van der Waals surface area contributed by atoms with E-state index in [4.69, 9.17) is 0 Å². The lowest BCUT2D eigenvalue weighted by atomic mass is 10.0. The molecule has 1 rings (SSSR count). The summed E-state index contributed by atoms with van der Waals surface area (Å²) < 4.78 is 0. The molecular formula is C7H13NO. The third-order valence-electron chi connectivity index (χ3n) is 2.09. The Morgan fingerprint density at radius 1 is 1.67 bits per heavy atom. The summed E-state index contributed by atoms with van der Waals surface area (Å²) in [7, 11) is 0. The minimum absolute atomic E-state index is 0.108. The van der Waals surface area contributed by atoms with Gasteiger partial charge in [-0.05, 0) is 20.3 Å². The second-order valence-corrected chi connectivity index (χ2v) is 3.15. The monoisotopic (exact) mass is 127 g/mol. The van der Waals surface area contributed by atoms with E-state index in [0.717, 1.165) is 6.42 Å². The fraction of sp³-hybridized carbons (Fsp3) is 0.857. The molecule has 1 amide bonds. The maximum absolute atomic E-state index is 10.6. The van der Waals surface area contributed by atoms with Crippen LogP contribution in [0.25, 0.3) is 0 Å². The SMILES string of the molecule is CCC(C)(C)N1CC1=O. The van der Waals surface area contributed by atoms with Crippen LogP contribution in [0.15, 0.2) is 0 Å². The van der Waals surface area contributed by atoms with Gasteiger partial charge in [-0.1, -0.05) is 6.92 Å². The molecule has 0 aromatic heterocycles. The topological polar surface area (TPSA) is 20.1 Å². The Kier molecular flexibility index (Phi) is 1.26. The number of amides is 1. The summed E-state index contributed by atoms with van der Waals surface area (Å²) in [6, 6.07) is 0. The zero-order chi connectivity index (χ0) is 7.07. The largest absolute Gasteiger partial charge is 0.327 e. The van der Waals surface area contributed by atoms with Crippen LogP contribution in [-0.2, 0) is 4.79 Å². The smallest absolute Gasteiger partial charge is 0.243 e. The summed E-state index contributed by atoms with van der Waals surface area (Å²) in [5, 5.41) is 0. The number of carbonyl (C=O) groups excluding carboxylic acids is 1. The molecule has 0 spiro atoms. The minimum atomic E-state index is 0.108. The summed E-state index contributed by atoms with van der Waals surface area (Å²) in [5.41, 5.74) is 0.108. The molecule has 1 aliphatic rings. The van der Waals surface area contributed by atoms with E-state index in [1.54, 1.807) is 0 Å². The number of hydrogen-bond acceptors (Lipinski definition) is 1. The third kappa shape index (κ3) is 1.07. The van der Waals surface area contributed by atoms with Gasteiger partial charge in [0.05, 0.1) is 0 Å². The fourth-order valence-corrected chi connectivity index (χ4v) is 0.842. The Morgan fingerprint density at radius 2 is 2.11 bits per heavy atom. The number of carbonyl (C=O) groups is 1. The van der Waals surface area contributed by atoms with Crippen LogP contribution in [0.3, 0.4) is 0 Å². The van der Waals surface area contributed by atoms with E-state index in [1.807, 2.05) is 4.90 Å². The van der Waals surface area contributed by atoms with Gasteiger partial charge in [-0.2, -0.15) is 0 Å². The Morgan fingerprint density at radius 3 is 2.22 bits per heavy atom. The van der Waals surface area contributed by atoms with Crippen LogP contribution in [0, 0.1) is 0 Å². The maximum Gasteiger partial charge on any atom is 0.243 e. The maximum atomic E-state index is 10.6. The second kappa shape index (κ2) is 1.72. The van der Waals surface area contributed by atoms with E-state index in [9.17, 15) is 4.79 Å². The first-order valence-electron chi connectivity index (χ1n) is 3.38. The van der Waals surface area contributed by atoms with E-state index in [1.165, 1.54) is 0 Å². The summed E-state index contributed by atoms with van der Waals surface area (Å²) in [4.78, 5) is 12.5. The van der Waals surface area contributed by atoms with Crippen LogP contribution in [0.4, 0.5) is 0 Å². The molecule has 0 aliphatic carbocycles. The van der Waals surface area contributed by atoms with Gasteiger partial charge in [-0.3, -0.25) is 4.79 Å². The molecule has 1 heterocycles. The van der Waals surface area contributed by atoms with Crippen molar-refractivity contribution in [2.45, 2.75) is 32.7 Å². The highest BCUT2D eigenvalue weighted by atomic mass is 16.2. The van der Waals surface area contributed by atoms with Gasteiger partial charge in [-0.25, -0.2) is 0 Å². The van der Waals surface area contributed by atoms with Crippen molar-refractivity contribution in [3.63, 3.8) is 0 Å². The van der Waals surface area contributed by atoms with Crippen molar-refractivity contribution in [2.75, 3.05) is 6.54 Å². The van der Waals surface area contributed by atoms with Crippen LogP contribution in [-0.4, -0.2) is 22.9 Å². The lowest BCUT2D eigenvalue weighted by Crippen LogP contribution is -2.29. The van der Waals surface area contributed by atoms with Crippen LogP contribution in [0.5, 0.6) is 0 Å². The molecule has 0 saturated carbocycles. The Bertz CT molecular complexity index is 140. The molecular weight excluding hydrogens is 114 g/mol.